The van der Waals surface area contributed by atoms with Crippen LogP contribution in [0, 0.1) is 0 Å². The highest BCUT2D eigenvalue weighted by Gasteiger charge is 2.16. The predicted molar refractivity (Wildman–Crippen MR) is 102 cm³/mol. The van der Waals surface area contributed by atoms with Crippen LogP contribution in [0.25, 0.3) is 0 Å². The third-order valence-electron chi connectivity index (χ3n) is 4.59. The summed E-state index contributed by atoms with van der Waals surface area (Å²) in [5.41, 5.74) is 2.61. The van der Waals surface area contributed by atoms with Crippen molar-refractivity contribution in [3.63, 3.8) is 0 Å². The van der Waals surface area contributed by atoms with Gasteiger partial charge in [0.1, 0.15) is 5.78 Å². The van der Waals surface area contributed by atoms with Gasteiger partial charge in [-0.2, -0.15) is 17.7 Å². The number of ketones is 1. The summed E-state index contributed by atoms with van der Waals surface area (Å²) in [4.78, 5) is 17.0. The fraction of sp³-hybridized carbons (Fsp3) is 0.650. The Morgan fingerprint density at radius 3 is 2.12 bits per heavy atom. The van der Waals surface area contributed by atoms with E-state index >= 15 is 0 Å². The van der Waals surface area contributed by atoms with Crippen LogP contribution in [0.1, 0.15) is 62.5 Å². The van der Waals surface area contributed by atoms with Gasteiger partial charge in [-0.25, -0.2) is 0 Å². The molecule has 0 saturated carbocycles. The highest BCUT2D eigenvalue weighted by atomic mass is 32.1. The molecule has 4 heteroatoms. The molecular weight excluding hydrogens is 318 g/mol. The molecule has 0 amide bonds. The van der Waals surface area contributed by atoms with Crippen LogP contribution in [-0.2, 0) is 22.7 Å². The van der Waals surface area contributed by atoms with Crippen LogP contribution in [0.15, 0.2) is 24.3 Å². The SMILES string of the molecule is O=C1CCN(OCc2ccc(CCCCCCCCS)cc2)CC1. The normalized spacial score (nSPS) is 15.8. The monoisotopic (exact) mass is 349 g/mol. The number of piperidine rings is 1. The second-order valence-corrected chi connectivity index (χ2v) is 7.10. The number of aryl methyl sites for hydroxylation is 1. The van der Waals surface area contributed by atoms with Crippen LogP contribution in [0.5, 0.6) is 0 Å². The summed E-state index contributed by atoms with van der Waals surface area (Å²) < 4.78 is 0. The molecule has 24 heavy (non-hydrogen) atoms. The number of Topliss-reactive ketones (excluding diaryl/α,β-unsaturated/α-hetero) is 1. The maximum Gasteiger partial charge on any atom is 0.135 e. The van der Waals surface area contributed by atoms with Gasteiger partial charge in [0.15, 0.2) is 0 Å². The standard InChI is InChI=1S/C20H31NO2S/c22-20-12-14-21(15-13-20)23-17-19-10-8-18(9-11-19)7-5-3-1-2-4-6-16-24/h8-11,24H,1-7,12-17H2. The Balaban J connectivity index is 1.57. The summed E-state index contributed by atoms with van der Waals surface area (Å²) in [5, 5.41) is 1.92. The van der Waals surface area contributed by atoms with Gasteiger partial charge in [0.2, 0.25) is 0 Å². The number of hydrogen-bond acceptors (Lipinski definition) is 4. The van der Waals surface area contributed by atoms with E-state index in [0.717, 1.165) is 18.8 Å². The highest BCUT2D eigenvalue weighted by Crippen LogP contribution is 2.13. The van der Waals surface area contributed by atoms with Gasteiger partial charge in [0, 0.05) is 25.9 Å². The fourth-order valence-corrected chi connectivity index (χ4v) is 3.20. The molecule has 2 rings (SSSR count). The molecule has 0 unspecified atom stereocenters. The van der Waals surface area contributed by atoms with Crippen LogP contribution < -0.4 is 0 Å². The minimum Gasteiger partial charge on any atom is -0.300 e. The van der Waals surface area contributed by atoms with E-state index in [4.69, 9.17) is 4.84 Å². The Morgan fingerprint density at radius 1 is 0.875 bits per heavy atom. The zero-order chi connectivity index (χ0) is 17.0. The lowest BCUT2D eigenvalue weighted by atomic mass is 10.0. The van der Waals surface area contributed by atoms with E-state index in [9.17, 15) is 4.79 Å². The molecule has 1 aliphatic rings. The minimum atomic E-state index is 0.348. The Bertz CT molecular complexity index is 465. The molecule has 1 saturated heterocycles. The number of unbranched alkanes of at least 4 members (excludes halogenated alkanes) is 5. The molecule has 0 bridgehead atoms. The van der Waals surface area contributed by atoms with Crippen molar-refractivity contribution in [2.75, 3.05) is 18.8 Å². The van der Waals surface area contributed by atoms with E-state index in [2.05, 4.69) is 36.9 Å². The largest absolute Gasteiger partial charge is 0.300 e. The summed E-state index contributed by atoms with van der Waals surface area (Å²) in [7, 11) is 0. The highest BCUT2D eigenvalue weighted by molar-refractivity contribution is 7.80. The summed E-state index contributed by atoms with van der Waals surface area (Å²) in [5.74, 6) is 1.37. The van der Waals surface area contributed by atoms with Gasteiger partial charge in [0.25, 0.3) is 0 Å². The Labute approximate surface area is 152 Å². The number of hydrogen-bond donors (Lipinski definition) is 1. The number of thiol groups is 1. The topological polar surface area (TPSA) is 29.5 Å². The molecule has 1 fully saturated rings. The number of carbonyl (C=O) groups excluding carboxylic acids is 1. The smallest absolute Gasteiger partial charge is 0.135 e. The van der Waals surface area contributed by atoms with E-state index in [1.807, 2.05) is 5.06 Å². The predicted octanol–water partition coefficient (Wildman–Crippen LogP) is 4.60. The molecule has 0 atom stereocenters. The van der Waals surface area contributed by atoms with Crippen molar-refractivity contribution in [2.45, 2.75) is 64.4 Å². The Kier molecular flexibility index (Phi) is 9.47. The molecule has 0 aliphatic carbocycles. The number of nitrogens with zero attached hydrogens (tertiary/aromatic N) is 1. The van der Waals surface area contributed by atoms with Crippen LogP contribution >= 0.6 is 12.6 Å². The van der Waals surface area contributed by atoms with Gasteiger partial charge in [0.05, 0.1) is 6.61 Å². The third kappa shape index (κ3) is 7.82. The minimum absolute atomic E-state index is 0.348. The maximum absolute atomic E-state index is 11.2. The molecule has 1 aliphatic heterocycles. The molecule has 3 nitrogen and oxygen atoms in total. The van der Waals surface area contributed by atoms with E-state index in [1.165, 1.54) is 56.1 Å². The van der Waals surface area contributed by atoms with Crippen LogP contribution in [0.3, 0.4) is 0 Å². The second kappa shape index (κ2) is 11.7. The average Bonchev–Trinajstić information content (AvgIpc) is 2.61. The maximum atomic E-state index is 11.2. The first kappa shape index (κ1) is 19.5. The summed E-state index contributed by atoms with van der Waals surface area (Å²) in [6, 6.07) is 8.77. The van der Waals surface area contributed by atoms with Gasteiger partial charge < -0.3 is 0 Å². The van der Waals surface area contributed by atoms with E-state index in [0.29, 0.717) is 25.2 Å². The van der Waals surface area contributed by atoms with Gasteiger partial charge in [-0.1, -0.05) is 49.9 Å². The molecule has 0 radical (unpaired) electrons. The zero-order valence-corrected chi connectivity index (χ0v) is 15.6. The molecule has 0 aromatic heterocycles. The van der Waals surface area contributed by atoms with Crippen molar-refractivity contribution in [1.29, 1.82) is 0 Å². The zero-order valence-electron chi connectivity index (χ0n) is 14.7. The third-order valence-corrected chi connectivity index (χ3v) is 4.91. The quantitative estimate of drug-likeness (QED) is 0.468. The van der Waals surface area contributed by atoms with Gasteiger partial charge >= 0.3 is 0 Å². The van der Waals surface area contributed by atoms with Crippen LogP contribution in [0.4, 0.5) is 0 Å². The lowest BCUT2D eigenvalue weighted by Crippen LogP contribution is -2.33. The molecule has 134 valence electrons. The molecule has 0 N–H and O–H groups in total. The summed E-state index contributed by atoms with van der Waals surface area (Å²) in [6.07, 6.45) is 10.3. The summed E-state index contributed by atoms with van der Waals surface area (Å²) in [6.45, 7) is 2.05. The van der Waals surface area contributed by atoms with Gasteiger partial charge in [-0.15, -0.1) is 0 Å². The van der Waals surface area contributed by atoms with Crippen molar-refractivity contribution in [2.24, 2.45) is 0 Å². The molecule has 1 aromatic rings. The van der Waals surface area contributed by atoms with Gasteiger partial charge in [-0.05, 0) is 36.1 Å². The van der Waals surface area contributed by atoms with Crippen molar-refractivity contribution in [3.05, 3.63) is 35.4 Å². The molecule has 0 spiro atoms. The van der Waals surface area contributed by atoms with Crippen LogP contribution in [0.2, 0.25) is 0 Å². The van der Waals surface area contributed by atoms with Crippen molar-refractivity contribution in [1.82, 2.24) is 5.06 Å². The molecule has 1 heterocycles. The van der Waals surface area contributed by atoms with Gasteiger partial charge in [-0.3, -0.25) is 9.63 Å². The number of hydroxylamine groups is 2. The Morgan fingerprint density at radius 2 is 1.46 bits per heavy atom. The average molecular weight is 350 g/mol. The molecular formula is C20H31NO2S. The summed E-state index contributed by atoms with van der Waals surface area (Å²) >= 11 is 4.24. The molecule has 1 aromatic carbocycles. The number of rotatable bonds is 11. The first-order valence-corrected chi connectivity index (χ1v) is 9.99. The van der Waals surface area contributed by atoms with Crippen molar-refractivity contribution < 1.29 is 9.63 Å². The van der Waals surface area contributed by atoms with Crippen molar-refractivity contribution in [3.8, 4) is 0 Å². The van der Waals surface area contributed by atoms with E-state index in [1.54, 1.807) is 0 Å². The lowest BCUT2D eigenvalue weighted by molar-refractivity contribution is -0.180. The lowest BCUT2D eigenvalue weighted by Gasteiger charge is -2.24. The number of benzene rings is 1. The first-order valence-electron chi connectivity index (χ1n) is 9.36. The Hall–Kier alpha value is -0.840. The van der Waals surface area contributed by atoms with Crippen LogP contribution in [-0.4, -0.2) is 29.7 Å². The number of carbonyl (C=O) groups is 1. The first-order chi connectivity index (χ1) is 11.8. The second-order valence-electron chi connectivity index (χ2n) is 6.65. The van der Waals surface area contributed by atoms with Crippen molar-refractivity contribution >= 4 is 18.4 Å². The van der Waals surface area contributed by atoms with E-state index in [-0.39, 0.29) is 0 Å². The van der Waals surface area contributed by atoms with E-state index < -0.39 is 0 Å². The fourth-order valence-electron chi connectivity index (χ4n) is 2.98.